The highest BCUT2D eigenvalue weighted by atomic mass is 79.9. The Morgan fingerprint density at radius 1 is 1.47 bits per heavy atom. The normalized spacial score (nSPS) is 12.4. The number of likely N-dealkylation sites (N-methyl/N-ethyl adjacent to an activating group) is 1. The molecule has 1 rings (SSSR count). The minimum atomic E-state index is -0.275. The van der Waals surface area contributed by atoms with Crippen molar-refractivity contribution in [2.45, 2.75) is 24.3 Å². The monoisotopic (exact) mass is 316 g/mol. The van der Waals surface area contributed by atoms with Gasteiger partial charge in [-0.15, -0.1) is 11.8 Å². The first-order valence-corrected chi connectivity index (χ1v) is 7.32. The summed E-state index contributed by atoms with van der Waals surface area (Å²) in [4.78, 5) is 12.3. The molecule has 3 N–H and O–H groups in total. The molecule has 0 aliphatic rings. The van der Waals surface area contributed by atoms with Crippen molar-refractivity contribution in [1.82, 2.24) is 5.32 Å². The summed E-state index contributed by atoms with van der Waals surface area (Å²) in [5.74, 6) is 0.602. The quantitative estimate of drug-likeness (QED) is 0.759. The van der Waals surface area contributed by atoms with Gasteiger partial charge in [0.1, 0.15) is 0 Å². The van der Waals surface area contributed by atoms with Crippen LogP contribution >= 0.6 is 27.7 Å². The second-order valence-corrected chi connectivity index (χ2v) is 5.69. The molecule has 0 aliphatic carbocycles. The molecule has 1 aromatic carbocycles. The van der Waals surface area contributed by atoms with Crippen molar-refractivity contribution in [3.63, 3.8) is 0 Å². The van der Waals surface area contributed by atoms with Crippen LogP contribution < -0.4 is 11.1 Å². The minimum Gasteiger partial charge on any atom is -0.368 e. The number of carbonyl (C=O) groups excluding carboxylic acids is 1. The molecule has 0 saturated carbocycles. The molecule has 94 valence electrons. The lowest BCUT2D eigenvalue weighted by atomic mass is 10.2. The molecule has 0 aliphatic heterocycles. The van der Waals surface area contributed by atoms with E-state index >= 15 is 0 Å². The van der Waals surface area contributed by atoms with Crippen LogP contribution in [0.4, 0.5) is 0 Å². The summed E-state index contributed by atoms with van der Waals surface area (Å²) in [5.41, 5.74) is 5.31. The maximum Gasteiger partial charge on any atom is 0.234 e. The van der Waals surface area contributed by atoms with Gasteiger partial charge >= 0.3 is 0 Å². The maximum absolute atomic E-state index is 11.1. The fourth-order valence-electron chi connectivity index (χ4n) is 1.42. The van der Waals surface area contributed by atoms with Gasteiger partial charge < -0.3 is 11.1 Å². The summed E-state index contributed by atoms with van der Waals surface area (Å²) in [6, 6.07) is 7.92. The summed E-state index contributed by atoms with van der Waals surface area (Å²) in [7, 11) is 0. The van der Waals surface area contributed by atoms with Crippen LogP contribution in [0.15, 0.2) is 33.6 Å². The zero-order valence-electron chi connectivity index (χ0n) is 9.78. The van der Waals surface area contributed by atoms with Crippen molar-refractivity contribution in [2.75, 3.05) is 12.3 Å². The fourth-order valence-corrected chi connectivity index (χ4v) is 2.60. The number of hydrogen-bond donors (Lipinski definition) is 2. The summed E-state index contributed by atoms with van der Waals surface area (Å²) in [6.45, 7) is 2.73. The highest BCUT2D eigenvalue weighted by Gasteiger charge is 2.12. The molecule has 0 heterocycles. The molecule has 0 spiro atoms. The lowest BCUT2D eigenvalue weighted by Crippen LogP contribution is -2.41. The Morgan fingerprint density at radius 2 is 2.12 bits per heavy atom. The van der Waals surface area contributed by atoms with E-state index in [2.05, 4.69) is 33.4 Å². The molecule has 1 unspecified atom stereocenters. The summed E-state index contributed by atoms with van der Waals surface area (Å²) >= 11 is 5.13. The Bertz CT molecular complexity index is 356. The van der Waals surface area contributed by atoms with E-state index < -0.39 is 0 Å². The molecule has 1 aromatic rings. The van der Waals surface area contributed by atoms with Crippen molar-refractivity contribution in [3.05, 3.63) is 28.7 Å². The van der Waals surface area contributed by atoms with Crippen LogP contribution in [0, 0.1) is 0 Å². The topological polar surface area (TPSA) is 55.1 Å². The van der Waals surface area contributed by atoms with Gasteiger partial charge in [-0.25, -0.2) is 0 Å². The second-order valence-electron chi connectivity index (χ2n) is 3.60. The summed E-state index contributed by atoms with van der Waals surface area (Å²) < 4.78 is 1.07. The third-order valence-electron chi connectivity index (χ3n) is 2.28. The van der Waals surface area contributed by atoms with Crippen LogP contribution in [0.3, 0.4) is 0 Å². The molecule has 0 aromatic heterocycles. The van der Waals surface area contributed by atoms with E-state index in [0.29, 0.717) is 0 Å². The van der Waals surface area contributed by atoms with E-state index in [9.17, 15) is 4.79 Å². The number of carbonyl (C=O) groups is 1. The predicted octanol–water partition coefficient (Wildman–Crippen LogP) is 2.39. The minimum absolute atomic E-state index is 0.219. The van der Waals surface area contributed by atoms with Crippen molar-refractivity contribution in [2.24, 2.45) is 5.73 Å². The predicted molar refractivity (Wildman–Crippen MR) is 76.1 cm³/mol. The number of nitrogens with two attached hydrogens (primary N) is 1. The molecule has 5 heteroatoms. The maximum atomic E-state index is 11.1. The first-order chi connectivity index (χ1) is 8.13. The first kappa shape index (κ1) is 14.5. The average molecular weight is 317 g/mol. The number of thioether (sulfide) groups is 1. The smallest absolute Gasteiger partial charge is 0.234 e. The molecule has 3 nitrogen and oxygen atoms in total. The lowest BCUT2D eigenvalue weighted by molar-refractivity contribution is -0.120. The van der Waals surface area contributed by atoms with Crippen LogP contribution in [0.2, 0.25) is 0 Å². The Morgan fingerprint density at radius 3 is 2.65 bits per heavy atom. The number of halogens is 1. The van der Waals surface area contributed by atoms with E-state index in [1.54, 1.807) is 11.8 Å². The highest BCUT2D eigenvalue weighted by molar-refractivity contribution is 9.10. The van der Waals surface area contributed by atoms with E-state index in [-0.39, 0.29) is 11.9 Å². The van der Waals surface area contributed by atoms with E-state index in [0.717, 1.165) is 23.2 Å². The SMILES string of the molecule is CCNC(CCSc1ccc(Br)cc1)C(N)=O. The molecule has 1 atom stereocenters. The highest BCUT2D eigenvalue weighted by Crippen LogP contribution is 2.21. The van der Waals surface area contributed by atoms with Gasteiger partial charge in [0.2, 0.25) is 5.91 Å². The largest absolute Gasteiger partial charge is 0.368 e. The van der Waals surface area contributed by atoms with Gasteiger partial charge in [-0.2, -0.15) is 0 Å². The Hall–Kier alpha value is -0.520. The van der Waals surface area contributed by atoms with Gasteiger partial charge in [0.25, 0.3) is 0 Å². The number of rotatable bonds is 7. The third kappa shape index (κ3) is 5.57. The summed E-state index contributed by atoms with van der Waals surface area (Å²) in [6.07, 6.45) is 0.754. The number of primary amides is 1. The van der Waals surface area contributed by atoms with Gasteiger partial charge in [0.15, 0.2) is 0 Å². The number of nitrogens with one attached hydrogen (secondary N) is 1. The molecule has 0 saturated heterocycles. The molecular formula is C12H17BrN2OS. The van der Waals surface area contributed by atoms with Crippen molar-refractivity contribution in [3.8, 4) is 0 Å². The van der Waals surface area contributed by atoms with Gasteiger partial charge in [-0.05, 0) is 43.0 Å². The zero-order valence-corrected chi connectivity index (χ0v) is 12.2. The van der Waals surface area contributed by atoms with Crippen LogP contribution in [-0.4, -0.2) is 24.2 Å². The third-order valence-corrected chi connectivity index (χ3v) is 3.86. The molecule has 17 heavy (non-hydrogen) atoms. The fraction of sp³-hybridized carbons (Fsp3) is 0.417. The van der Waals surface area contributed by atoms with Gasteiger partial charge in [-0.1, -0.05) is 22.9 Å². The van der Waals surface area contributed by atoms with Crippen LogP contribution in [0.5, 0.6) is 0 Å². The van der Waals surface area contributed by atoms with E-state index in [4.69, 9.17) is 5.73 Å². The summed E-state index contributed by atoms with van der Waals surface area (Å²) in [5, 5.41) is 3.08. The van der Waals surface area contributed by atoms with Gasteiger partial charge in [0.05, 0.1) is 6.04 Å². The Balaban J connectivity index is 2.35. The molecule has 0 radical (unpaired) electrons. The van der Waals surface area contributed by atoms with E-state index in [1.165, 1.54) is 4.90 Å². The van der Waals surface area contributed by atoms with Crippen molar-refractivity contribution < 1.29 is 4.79 Å². The zero-order chi connectivity index (χ0) is 12.7. The number of benzene rings is 1. The van der Waals surface area contributed by atoms with Gasteiger partial charge in [0, 0.05) is 9.37 Å². The number of amides is 1. The second kappa shape index (κ2) is 7.74. The molecule has 0 fully saturated rings. The average Bonchev–Trinajstić information content (AvgIpc) is 2.30. The van der Waals surface area contributed by atoms with Crippen LogP contribution in [-0.2, 0) is 4.79 Å². The first-order valence-electron chi connectivity index (χ1n) is 5.54. The van der Waals surface area contributed by atoms with Gasteiger partial charge in [-0.3, -0.25) is 4.79 Å². The van der Waals surface area contributed by atoms with Crippen LogP contribution in [0.25, 0.3) is 0 Å². The van der Waals surface area contributed by atoms with Crippen molar-refractivity contribution in [1.29, 1.82) is 0 Å². The Kier molecular flexibility index (Phi) is 6.62. The Labute approximate surface area is 115 Å². The van der Waals surface area contributed by atoms with E-state index in [1.807, 2.05) is 19.1 Å². The molecular weight excluding hydrogens is 300 g/mol. The number of hydrogen-bond acceptors (Lipinski definition) is 3. The standard InChI is InChI=1S/C12H17BrN2OS/c1-2-15-11(12(14)16)7-8-17-10-5-3-9(13)4-6-10/h3-6,11,15H,2,7-8H2,1H3,(H2,14,16). The lowest BCUT2D eigenvalue weighted by Gasteiger charge is -2.13. The molecule has 1 amide bonds. The van der Waals surface area contributed by atoms with Crippen LogP contribution in [0.1, 0.15) is 13.3 Å². The molecule has 0 bridgehead atoms. The van der Waals surface area contributed by atoms with Crippen molar-refractivity contribution >= 4 is 33.6 Å².